The molecule has 3 aromatic rings. The third-order valence-corrected chi connectivity index (χ3v) is 5.22. The summed E-state index contributed by atoms with van der Waals surface area (Å²) in [6, 6.07) is 14.8. The first-order valence-electron chi connectivity index (χ1n) is 8.68. The maximum Gasteiger partial charge on any atom is 0.344 e. The van der Waals surface area contributed by atoms with Crippen molar-refractivity contribution in [2.24, 2.45) is 0 Å². The Labute approximate surface area is 166 Å². The van der Waals surface area contributed by atoms with Crippen molar-refractivity contribution in [3.63, 3.8) is 0 Å². The van der Waals surface area contributed by atoms with Gasteiger partial charge >= 0.3 is 5.97 Å². The Morgan fingerprint density at radius 3 is 2.54 bits per heavy atom. The summed E-state index contributed by atoms with van der Waals surface area (Å²) in [5.74, 6) is -0.866. The number of thioether (sulfide) groups is 1. The number of esters is 1. The fourth-order valence-electron chi connectivity index (χ4n) is 2.70. The van der Waals surface area contributed by atoms with Gasteiger partial charge in [-0.2, -0.15) is 0 Å². The van der Waals surface area contributed by atoms with Crippen LogP contribution in [0, 0.1) is 6.92 Å². The van der Waals surface area contributed by atoms with Gasteiger partial charge in [-0.3, -0.25) is 9.59 Å². The number of para-hydroxylation sites is 1. The minimum Gasteiger partial charge on any atom is -0.465 e. The number of nitrogens with one attached hydrogen (secondary N) is 2. The average molecular weight is 396 g/mol. The van der Waals surface area contributed by atoms with Gasteiger partial charge in [0.1, 0.15) is 5.56 Å². The fourth-order valence-corrected chi connectivity index (χ4v) is 3.58. The van der Waals surface area contributed by atoms with E-state index in [4.69, 9.17) is 4.74 Å². The number of benzene rings is 2. The van der Waals surface area contributed by atoms with Crippen molar-refractivity contribution in [2.45, 2.75) is 18.5 Å². The normalized spacial score (nSPS) is 10.6. The molecule has 28 heavy (non-hydrogen) atoms. The van der Waals surface area contributed by atoms with Crippen LogP contribution in [-0.2, 0) is 16.1 Å². The quantitative estimate of drug-likeness (QED) is 0.494. The Morgan fingerprint density at radius 2 is 1.82 bits per heavy atom. The predicted octanol–water partition coefficient (Wildman–Crippen LogP) is 3.03. The first kappa shape index (κ1) is 19.7. The lowest BCUT2D eigenvalue weighted by molar-refractivity contribution is -0.118. The molecule has 6 nitrogen and oxygen atoms in total. The first-order valence-corrected chi connectivity index (χ1v) is 9.66. The van der Waals surface area contributed by atoms with Crippen LogP contribution in [0.3, 0.4) is 0 Å². The predicted molar refractivity (Wildman–Crippen MR) is 110 cm³/mol. The van der Waals surface area contributed by atoms with Gasteiger partial charge in [0.25, 0.3) is 0 Å². The molecule has 0 spiro atoms. The lowest BCUT2D eigenvalue weighted by atomic mass is 10.1. The molecule has 0 unspecified atom stereocenters. The molecule has 3 rings (SSSR count). The minimum atomic E-state index is -0.727. The van der Waals surface area contributed by atoms with Crippen molar-refractivity contribution in [1.82, 2.24) is 10.3 Å². The second-order valence-corrected chi connectivity index (χ2v) is 7.23. The van der Waals surface area contributed by atoms with Gasteiger partial charge in [-0.05, 0) is 24.6 Å². The lowest BCUT2D eigenvalue weighted by Crippen LogP contribution is -2.25. The largest absolute Gasteiger partial charge is 0.465 e. The van der Waals surface area contributed by atoms with E-state index >= 15 is 0 Å². The molecule has 0 saturated carbocycles. The van der Waals surface area contributed by atoms with Crippen LogP contribution in [0.25, 0.3) is 10.9 Å². The molecule has 144 valence electrons. The Bertz CT molecular complexity index is 1070. The highest BCUT2D eigenvalue weighted by Gasteiger charge is 2.20. The molecular formula is C21H20N2O4S. The van der Waals surface area contributed by atoms with Crippen molar-refractivity contribution < 1.29 is 14.3 Å². The lowest BCUT2D eigenvalue weighted by Gasteiger charge is -2.10. The number of hydrogen-bond donors (Lipinski definition) is 2. The number of aromatic amines is 1. The van der Waals surface area contributed by atoms with E-state index in [0.29, 0.717) is 22.5 Å². The van der Waals surface area contributed by atoms with Crippen LogP contribution in [0.2, 0.25) is 0 Å². The summed E-state index contributed by atoms with van der Waals surface area (Å²) < 4.78 is 4.76. The SMILES string of the molecule is COC(=O)c1c(SCC(=O)NCc2ccc(C)cc2)[nH]c2ccccc2c1=O. The zero-order valence-electron chi connectivity index (χ0n) is 15.6. The van der Waals surface area contributed by atoms with E-state index in [-0.39, 0.29) is 17.2 Å². The highest BCUT2D eigenvalue weighted by atomic mass is 32.2. The number of amides is 1. The highest BCUT2D eigenvalue weighted by Crippen LogP contribution is 2.22. The van der Waals surface area contributed by atoms with E-state index in [1.165, 1.54) is 7.11 Å². The molecule has 7 heteroatoms. The van der Waals surface area contributed by atoms with Crippen molar-refractivity contribution in [3.05, 3.63) is 75.4 Å². The van der Waals surface area contributed by atoms with Gasteiger partial charge < -0.3 is 15.0 Å². The smallest absolute Gasteiger partial charge is 0.344 e. The molecule has 0 aliphatic carbocycles. The molecule has 0 aliphatic heterocycles. The van der Waals surface area contributed by atoms with Gasteiger partial charge in [0.2, 0.25) is 11.3 Å². The first-order chi connectivity index (χ1) is 13.5. The number of pyridine rings is 1. The molecule has 2 aromatic carbocycles. The molecule has 1 aromatic heterocycles. The minimum absolute atomic E-state index is 0.0597. The zero-order chi connectivity index (χ0) is 20.1. The molecule has 1 heterocycles. The summed E-state index contributed by atoms with van der Waals surface area (Å²) >= 11 is 1.10. The molecule has 0 saturated heterocycles. The van der Waals surface area contributed by atoms with E-state index in [9.17, 15) is 14.4 Å². The van der Waals surface area contributed by atoms with Crippen molar-refractivity contribution in [1.29, 1.82) is 0 Å². The summed E-state index contributed by atoms with van der Waals surface area (Å²) in [4.78, 5) is 40.1. The summed E-state index contributed by atoms with van der Waals surface area (Å²) in [5, 5.41) is 3.55. The van der Waals surface area contributed by atoms with Gasteiger partial charge in [-0.1, -0.05) is 53.7 Å². The van der Waals surface area contributed by atoms with Crippen LogP contribution in [0.15, 0.2) is 58.4 Å². The van der Waals surface area contributed by atoms with Crippen LogP contribution in [0.5, 0.6) is 0 Å². The molecule has 0 bridgehead atoms. The summed E-state index contributed by atoms with van der Waals surface area (Å²) in [6.07, 6.45) is 0. The van der Waals surface area contributed by atoms with E-state index in [1.54, 1.807) is 24.3 Å². The number of carbonyl (C=O) groups is 2. The van der Waals surface area contributed by atoms with Gasteiger partial charge in [0, 0.05) is 11.9 Å². The number of carbonyl (C=O) groups excluding carboxylic acids is 2. The summed E-state index contributed by atoms with van der Waals surface area (Å²) in [7, 11) is 1.22. The second kappa shape index (κ2) is 8.75. The van der Waals surface area contributed by atoms with Crippen molar-refractivity contribution in [2.75, 3.05) is 12.9 Å². The number of aromatic nitrogens is 1. The highest BCUT2D eigenvalue weighted by molar-refractivity contribution is 8.00. The molecule has 1 amide bonds. The number of methoxy groups -OCH3 is 1. The Hall–Kier alpha value is -3.06. The second-order valence-electron chi connectivity index (χ2n) is 6.25. The monoisotopic (exact) mass is 396 g/mol. The van der Waals surface area contributed by atoms with E-state index in [2.05, 4.69) is 10.3 Å². The number of fused-ring (bicyclic) bond motifs is 1. The molecule has 0 radical (unpaired) electrons. The third-order valence-electron chi connectivity index (χ3n) is 4.22. The Morgan fingerprint density at radius 1 is 1.11 bits per heavy atom. The number of H-pyrrole nitrogens is 1. The Kier molecular flexibility index (Phi) is 6.16. The van der Waals surface area contributed by atoms with Gasteiger partial charge in [-0.15, -0.1) is 0 Å². The standard InChI is InChI=1S/C21H20N2O4S/c1-13-7-9-14(10-8-13)11-22-17(24)12-28-20-18(21(26)27-2)19(25)15-5-3-4-6-16(15)23-20/h3-10H,11-12H2,1-2H3,(H,22,24)(H,23,25). The van der Waals surface area contributed by atoms with E-state index in [0.717, 1.165) is 22.9 Å². The van der Waals surface area contributed by atoms with Gasteiger partial charge in [-0.25, -0.2) is 4.79 Å². The van der Waals surface area contributed by atoms with Crippen LogP contribution < -0.4 is 10.7 Å². The Balaban J connectivity index is 1.75. The van der Waals surface area contributed by atoms with Crippen LogP contribution in [0.4, 0.5) is 0 Å². The van der Waals surface area contributed by atoms with Crippen LogP contribution >= 0.6 is 11.8 Å². The van der Waals surface area contributed by atoms with Crippen molar-refractivity contribution >= 4 is 34.5 Å². The average Bonchev–Trinajstić information content (AvgIpc) is 2.71. The molecular weight excluding hydrogens is 376 g/mol. The molecule has 2 N–H and O–H groups in total. The van der Waals surface area contributed by atoms with Crippen molar-refractivity contribution in [3.8, 4) is 0 Å². The third kappa shape index (κ3) is 4.43. The van der Waals surface area contributed by atoms with E-state index < -0.39 is 11.4 Å². The van der Waals surface area contributed by atoms with Gasteiger partial charge in [0.15, 0.2) is 0 Å². The fraction of sp³-hybridized carbons (Fsp3) is 0.190. The topological polar surface area (TPSA) is 88.3 Å². The van der Waals surface area contributed by atoms with Crippen LogP contribution in [-0.4, -0.2) is 29.7 Å². The molecule has 0 atom stereocenters. The van der Waals surface area contributed by atoms with Crippen LogP contribution in [0.1, 0.15) is 21.5 Å². The van der Waals surface area contributed by atoms with E-state index in [1.807, 2.05) is 31.2 Å². The summed E-state index contributed by atoms with van der Waals surface area (Å²) in [6.45, 7) is 2.42. The van der Waals surface area contributed by atoms with Gasteiger partial charge in [0.05, 0.1) is 23.4 Å². The molecule has 0 fully saturated rings. The maximum absolute atomic E-state index is 12.7. The zero-order valence-corrected chi connectivity index (χ0v) is 16.4. The number of hydrogen-bond acceptors (Lipinski definition) is 5. The number of ether oxygens (including phenoxy) is 1. The molecule has 0 aliphatic rings. The maximum atomic E-state index is 12.7. The number of aryl methyl sites for hydroxylation is 1. The number of rotatable bonds is 6. The summed E-state index contributed by atoms with van der Waals surface area (Å²) in [5.41, 5.74) is 2.25.